The van der Waals surface area contributed by atoms with Crippen molar-refractivity contribution in [3.8, 4) is 0 Å². The van der Waals surface area contributed by atoms with Gasteiger partial charge in [0.2, 0.25) is 10.0 Å². The van der Waals surface area contributed by atoms with E-state index in [0.29, 0.717) is 34.8 Å². The molecule has 8 nitrogen and oxygen atoms in total. The number of rotatable bonds is 8. The first-order valence-corrected chi connectivity index (χ1v) is 12.2. The molecule has 0 saturated heterocycles. The Morgan fingerprint density at radius 3 is 2.57 bits per heavy atom. The fourth-order valence-corrected chi connectivity index (χ4v) is 5.94. The van der Waals surface area contributed by atoms with Crippen LogP contribution in [0.5, 0.6) is 0 Å². The van der Waals surface area contributed by atoms with E-state index >= 15 is 0 Å². The van der Waals surface area contributed by atoms with Gasteiger partial charge in [-0.1, -0.05) is 11.6 Å². The van der Waals surface area contributed by atoms with Gasteiger partial charge in [0.05, 0.1) is 39.5 Å². The summed E-state index contributed by atoms with van der Waals surface area (Å²) >= 11 is 8.43. The van der Waals surface area contributed by atoms with Crippen molar-refractivity contribution in [3.63, 3.8) is 0 Å². The second-order valence-corrected chi connectivity index (χ2v) is 11.3. The summed E-state index contributed by atoms with van der Waals surface area (Å²) in [7, 11) is -2.36. The van der Waals surface area contributed by atoms with Crippen LogP contribution in [-0.2, 0) is 17.1 Å². The zero-order valence-corrected chi connectivity index (χ0v) is 20.2. The van der Waals surface area contributed by atoms with Gasteiger partial charge in [0.15, 0.2) is 0 Å². The first kappa shape index (κ1) is 23.3. The van der Waals surface area contributed by atoms with Crippen molar-refractivity contribution in [2.24, 2.45) is 7.05 Å². The Bertz CT molecular complexity index is 1130. The van der Waals surface area contributed by atoms with E-state index in [1.54, 1.807) is 19.1 Å². The second kappa shape index (κ2) is 8.65. The molecular weight excluding hydrogens is 545 g/mol. The number of aromatic nitrogens is 1. The van der Waals surface area contributed by atoms with Crippen molar-refractivity contribution < 1.29 is 18.6 Å². The average Bonchev–Trinajstić information content (AvgIpc) is 3.45. The van der Waals surface area contributed by atoms with Crippen molar-refractivity contribution in [2.45, 2.75) is 37.0 Å². The average molecular weight is 568 g/mol. The van der Waals surface area contributed by atoms with Gasteiger partial charge in [-0.05, 0) is 67.0 Å². The number of aliphatic hydroxyl groups excluding tert-OH is 2. The molecule has 1 atom stereocenters. The number of benzene rings is 1. The molecule has 164 valence electrons. The van der Waals surface area contributed by atoms with Gasteiger partial charge in [-0.15, -0.1) is 0 Å². The highest BCUT2D eigenvalue weighted by molar-refractivity contribution is 14.1. The number of pyridine rings is 1. The van der Waals surface area contributed by atoms with E-state index in [1.165, 1.54) is 17.8 Å². The molecule has 1 aliphatic carbocycles. The largest absolute Gasteiger partial charge is 0.394 e. The van der Waals surface area contributed by atoms with E-state index in [1.807, 2.05) is 6.07 Å². The molecule has 11 heteroatoms. The molecule has 1 aromatic heterocycles. The van der Waals surface area contributed by atoms with Crippen LogP contribution in [0.2, 0.25) is 5.02 Å². The first-order valence-electron chi connectivity index (χ1n) is 9.23. The summed E-state index contributed by atoms with van der Waals surface area (Å²) in [6, 6.07) is 5.34. The van der Waals surface area contributed by atoms with E-state index in [2.05, 4.69) is 32.6 Å². The molecule has 1 heterocycles. The maximum atomic E-state index is 13.1. The van der Waals surface area contributed by atoms with E-state index < -0.39 is 27.5 Å². The maximum Gasteiger partial charge on any atom is 0.255 e. The first-order chi connectivity index (χ1) is 14.0. The lowest BCUT2D eigenvalue weighted by atomic mass is 10.2. The quantitative estimate of drug-likeness (QED) is 0.364. The Balaban J connectivity index is 2.01. The summed E-state index contributed by atoms with van der Waals surface area (Å²) in [5.74, 6) is 0. The van der Waals surface area contributed by atoms with Crippen LogP contribution in [0.15, 0.2) is 29.2 Å². The van der Waals surface area contributed by atoms with Gasteiger partial charge in [-0.25, -0.2) is 8.42 Å². The van der Waals surface area contributed by atoms with E-state index in [-0.39, 0.29) is 17.7 Å². The second-order valence-electron chi connectivity index (χ2n) is 7.54. The highest BCUT2D eigenvalue weighted by Crippen LogP contribution is 2.48. The Morgan fingerprint density at radius 2 is 2.00 bits per heavy atom. The number of aliphatic hydroxyl groups is 2. The van der Waals surface area contributed by atoms with Crippen molar-refractivity contribution in [2.75, 3.05) is 16.6 Å². The molecule has 0 amide bonds. The number of nitrogens with one attached hydrogen (secondary N) is 2. The molecule has 30 heavy (non-hydrogen) atoms. The molecule has 4 N–H and O–H groups in total. The molecule has 0 spiro atoms. The van der Waals surface area contributed by atoms with Crippen LogP contribution in [0.1, 0.15) is 24.8 Å². The fraction of sp³-hybridized carbons (Fsp3) is 0.421. The summed E-state index contributed by atoms with van der Waals surface area (Å²) in [5.41, 5.74) is 1.09. The molecule has 1 aliphatic rings. The lowest BCUT2D eigenvalue weighted by Crippen LogP contribution is -2.35. The Hall–Kier alpha value is -1.34. The number of sulfonamides is 1. The van der Waals surface area contributed by atoms with E-state index in [9.17, 15) is 18.3 Å². The monoisotopic (exact) mass is 567 g/mol. The number of aryl methyl sites for hydroxylation is 1. The number of halogens is 2. The van der Waals surface area contributed by atoms with Gasteiger partial charge in [0.1, 0.15) is 0 Å². The van der Waals surface area contributed by atoms with Crippen LogP contribution < -0.4 is 15.6 Å². The van der Waals surface area contributed by atoms with E-state index in [4.69, 9.17) is 16.7 Å². The minimum absolute atomic E-state index is 0.0602. The molecule has 0 radical (unpaired) electrons. The van der Waals surface area contributed by atoms with Crippen molar-refractivity contribution in [3.05, 3.63) is 48.9 Å². The molecular formula is C19H23ClIN3O5S. The molecule has 1 aromatic carbocycles. The number of nitrogens with zero attached hydrogens (tertiary/aromatic N) is 1. The SMILES string of the molecule is Cc1c(Nc2ccc(I)cc2Cl)c(NS(=O)(=O)C2(CC(O)CO)CC2)cn(C)c1=O. The zero-order valence-electron chi connectivity index (χ0n) is 16.4. The summed E-state index contributed by atoms with van der Waals surface area (Å²) < 4.78 is 29.9. The molecule has 2 aromatic rings. The van der Waals surface area contributed by atoms with Gasteiger partial charge in [-0.3, -0.25) is 9.52 Å². The van der Waals surface area contributed by atoms with Gasteiger partial charge < -0.3 is 20.1 Å². The lowest BCUT2D eigenvalue weighted by molar-refractivity contribution is 0.0858. The zero-order chi connectivity index (χ0) is 22.3. The number of hydrogen-bond acceptors (Lipinski definition) is 6. The normalized spacial score (nSPS) is 16.2. The summed E-state index contributed by atoms with van der Waals surface area (Å²) in [6.45, 7) is 1.10. The summed E-state index contributed by atoms with van der Waals surface area (Å²) in [6.07, 6.45) is 1.00. The van der Waals surface area contributed by atoms with Crippen LogP contribution in [0, 0.1) is 10.5 Å². The van der Waals surface area contributed by atoms with Crippen molar-refractivity contribution >= 4 is 61.3 Å². The highest BCUT2D eigenvalue weighted by atomic mass is 127. The van der Waals surface area contributed by atoms with Crippen LogP contribution >= 0.6 is 34.2 Å². The van der Waals surface area contributed by atoms with Crippen molar-refractivity contribution in [1.29, 1.82) is 0 Å². The molecule has 1 unspecified atom stereocenters. The van der Waals surface area contributed by atoms with Crippen LogP contribution in [0.3, 0.4) is 0 Å². The predicted molar refractivity (Wildman–Crippen MR) is 126 cm³/mol. The predicted octanol–water partition coefficient (Wildman–Crippen LogP) is 2.71. The highest BCUT2D eigenvalue weighted by Gasteiger charge is 2.55. The standard InChI is InChI=1S/C19H23ClIN3O5S/c1-11-17(22-15-4-3-12(21)7-14(15)20)16(9-24(2)18(11)27)23-30(28,29)19(5-6-19)8-13(26)10-25/h3-4,7,9,13,22-23,25-26H,5-6,8,10H2,1-2H3. The van der Waals surface area contributed by atoms with Gasteiger partial charge in [-0.2, -0.15) is 0 Å². The maximum absolute atomic E-state index is 13.1. The Morgan fingerprint density at radius 1 is 1.33 bits per heavy atom. The Kier molecular flexibility index (Phi) is 6.73. The molecule has 0 aliphatic heterocycles. The van der Waals surface area contributed by atoms with Gasteiger partial charge in [0.25, 0.3) is 5.56 Å². The molecule has 0 bridgehead atoms. The smallest absolute Gasteiger partial charge is 0.255 e. The lowest BCUT2D eigenvalue weighted by Gasteiger charge is -2.23. The third-order valence-electron chi connectivity index (χ3n) is 5.24. The third kappa shape index (κ3) is 4.62. The van der Waals surface area contributed by atoms with Crippen LogP contribution in [0.25, 0.3) is 0 Å². The minimum atomic E-state index is -3.90. The summed E-state index contributed by atoms with van der Waals surface area (Å²) in [5, 5.41) is 22.4. The molecule has 1 fully saturated rings. The topological polar surface area (TPSA) is 121 Å². The van der Waals surface area contributed by atoms with Gasteiger partial charge in [0, 0.05) is 22.4 Å². The molecule has 3 rings (SSSR count). The van der Waals surface area contributed by atoms with Crippen molar-refractivity contribution in [1.82, 2.24) is 4.57 Å². The molecule has 1 saturated carbocycles. The van der Waals surface area contributed by atoms with Crippen LogP contribution in [0.4, 0.5) is 17.1 Å². The van der Waals surface area contributed by atoms with Crippen LogP contribution in [-0.4, -0.2) is 40.7 Å². The number of anilines is 3. The number of hydrogen-bond donors (Lipinski definition) is 4. The summed E-state index contributed by atoms with van der Waals surface area (Å²) in [4.78, 5) is 12.5. The van der Waals surface area contributed by atoms with E-state index in [0.717, 1.165) is 3.57 Å². The van der Waals surface area contributed by atoms with Gasteiger partial charge >= 0.3 is 0 Å². The fourth-order valence-electron chi connectivity index (χ4n) is 3.32. The Labute approximate surface area is 193 Å². The minimum Gasteiger partial charge on any atom is -0.394 e. The third-order valence-corrected chi connectivity index (χ3v) is 8.43.